The average Bonchev–Trinajstić information content (AvgIpc) is 3.31. The normalized spacial score (nSPS) is 15.4. The Labute approximate surface area is 168 Å². The molecule has 0 bridgehead atoms. The zero-order valence-electron chi connectivity index (χ0n) is 16.2. The molecule has 0 saturated heterocycles. The van der Waals surface area contributed by atoms with Gasteiger partial charge in [-0.25, -0.2) is 4.79 Å². The number of benzene rings is 2. The summed E-state index contributed by atoms with van der Waals surface area (Å²) in [6, 6.07) is 16.5. The molecule has 0 unspecified atom stereocenters. The minimum Gasteiger partial charge on any atom is -0.465 e. The molecule has 0 spiro atoms. The van der Waals surface area contributed by atoms with Gasteiger partial charge in [0.25, 0.3) is 5.91 Å². The molecule has 1 aromatic heterocycles. The van der Waals surface area contributed by atoms with Crippen molar-refractivity contribution < 1.29 is 19.1 Å². The van der Waals surface area contributed by atoms with Gasteiger partial charge in [-0.1, -0.05) is 42.5 Å². The van der Waals surface area contributed by atoms with Crippen molar-refractivity contribution in [2.75, 3.05) is 27.4 Å². The second kappa shape index (κ2) is 7.89. The Balaban J connectivity index is 1.81. The monoisotopic (exact) mass is 391 g/mol. The molecule has 7 nitrogen and oxygen atoms in total. The molecule has 0 fully saturated rings. The first-order chi connectivity index (χ1) is 14.2. The number of nitrogens with one attached hydrogen (secondary N) is 1. The number of rotatable bonds is 6. The third kappa shape index (κ3) is 3.30. The van der Waals surface area contributed by atoms with Gasteiger partial charge in [0.05, 0.1) is 31.0 Å². The molecule has 7 heteroatoms. The van der Waals surface area contributed by atoms with E-state index in [0.717, 1.165) is 22.4 Å². The number of esters is 1. The lowest BCUT2D eigenvalue weighted by molar-refractivity contribution is 0.0599. The van der Waals surface area contributed by atoms with E-state index in [4.69, 9.17) is 9.47 Å². The predicted molar refractivity (Wildman–Crippen MR) is 107 cm³/mol. The van der Waals surface area contributed by atoms with Gasteiger partial charge < -0.3 is 14.4 Å². The van der Waals surface area contributed by atoms with Gasteiger partial charge in [0, 0.05) is 24.8 Å². The van der Waals surface area contributed by atoms with Crippen LogP contribution in [0.3, 0.4) is 0 Å². The van der Waals surface area contributed by atoms with Gasteiger partial charge in [0.2, 0.25) is 0 Å². The zero-order valence-corrected chi connectivity index (χ0v) is 16.2. The van der Waals surface area contributed by atoms with Crippen LogP contribution in [-0.4, -0.2) is 54.3 Å². The Morgan fingerprint density at radius 3 is 2.48 bits per heavy atom. The van der Waals surface area contributed by atoms with Crippen LogP contribution in [0, 0.1) is 0 Å². The van der Waals surface area contributed by atoms with Gasteiger partial charge >= 0.3 is 5.97 Å². The second-order valence-corrected chi connectivity index (χ2v) is 6.73. The van der Waals surface area contributed by atoms with Crippen LogP contribution in [0.2, 0.25) is 0 Å². The highest BCUT2D eigenvalue weighted by molar-refractivity contribution is 6.00. The van der Waals surface area contributed by atoms with E-state index in [0.29, 0.717) is 24.4 Å². The molecule has 1 atom stereocenters. The number of ether oxygens (including phenoxy) is 2. The maximum atomic E-state index is 13.1. The molecular weight excluding hydrogens is 370 g/mol. The third-order valence-electron chi connectivity index (χ3n) is 5.09. The number of fused-ring (bicyclic) bond motifs is 1. The molecular formula is C22H21N3O4. The largest absolute Gasteiger partial charge is 0.465 e. The van der Waals surface area contributed by atoms with Crippen LogP contribution in [-0.2, 0) is 9.47 Å². The molecule has 1 aliphatic rings. The fraction of sp³-hybridized carbons (Fsp3) is 0.227. The van der Waals surface area contributed by atoms with E-state index in [-0.39, 0.29) is 11.9 Å². The van der Waals surface area contributed by atoms with Crippen LogP contribution in [0.25, 0.3) is 11.3 Å². The number of nitrogens with zero attached hydrogens (tertiary/aromatic N) is 2. The van der Waals surface area contributed by atoms with E-state index in [1.165, 1.54) is 7.11 Å². The lowest BCUT2D eigenvalue weighted by Crippen LogP contribution is -2.32. The van der Waals surface area contributed by atoms with Crippen molar-refractivity contribution in [1.29, 1.82) is 0 Å². The van der Waals surface area contributed by atoms with E-state index >= 15 is 0 Å². The number of amides is 1. The highest BCUT2D eigenvalue weighted by Crippen LogP contribution is 2.42. The molecule has 148 valence electrons. The Hall–Kier alpha value is -3.45. The first-order valence-corrected chi connectivity index (χ1v) is 9.27. The molecule has 29 heavy (non-hydrogen) atoms. The summed E-state index contributed by atoms with van der Waals surface area (Å²) in [7, 11) is 2.96. The number of aromatic amines is 1. The van der Waals surface area contributed by atoms with Gasteiger partial charge in [-0.2, -0.15) is 5.10 Å². The number of carbonyl (C=O) groups excluding carboxylic acids is 2. The van der Waals surface area contributed by atoms with Gasteiger partial charge in [-0.3, -0.25) is 9.89 Å². The van der Waals surface area contributed by atoms with Crippen LogP contribution >= 0.6 is 0 Å². The third-order valence-corrected chi connectivity index (χ3v) is 5.09. The number of carbonyl (C=O) groups is 2. The topological polar surface area (TPSA) is 84.5 Å². The summed E-state index contributed by atoms with van der Waals surface area (Å²) in [4.78, 5) is 26.6. The van der Waals surface area contributed by atoms with Crippen molar-refractivity contribution in [2.24, 2.45) is 0 Å². The fourth-order valence-corrected chi connectivity index (χ4v) is 3.70. The Morgan fingerprint density at radius 2 is 1.83 bits per heavy atom. The van der Waals surface area contributed by atoms with E-state index in [2.05, 4.69) is 10.2 Å². The summed E-state index contributed by atoms with van der Waals surface area (Å²) in [6.45, 7) is 0.858. The summed E-state index contributed by atoms with van der Waals surface area (Å²) in [6.07, 6.45) is 0. The highest BCUT2D eigenvalue weighted by atomic mass is 16.5. The van der Waals surface area contributed by atoms with E-state index < -0.39 is 5.97 Å². The molecule has 0 radical (unpaired) electrons. The first-order valence-electron chi connectivity index (χ1n) is 9.27. The van der Waals surface area contributed by atoms with Gasteiger partial charge in [-0.15, -0.1) is 0 Å². The zero-order chi connectivity index (χ0) is 20.4. The number of H-pyrrole nitrogens is 1. The summed E-state index contributed by atoms with van der Waals surface area (Å²) < 4.78 is 9.99. The van der Waals surface area contributed by atoms with Crippen LogP contribution in [0.15, 0.2) is 54.6 Å². The van der Waals surface area contributed by atoms with E-state index in [9.17, 15) is 9.59 Å². The van der Waals surface area contributed by atoms with Gasteiger partial charge in [0.1, 0.15) is 5.69 Å². The van der Waals surface area contributed by atoms with Crippen molar-refractivity contribution in [3.05, 3.63) is 77.0 Å². The maximum Gasteiger partial charge on any atom is 0.337 e. The van der Waals surface area contributed by atoms with Gasteiger partial charge in [-0.05, 0) is 17.7 Å². The smallest absolute Gasteiger partial charge is 0.337 e. The van der Waals surface area contributed by atoms with Crippen LogP contribution in [0.4, 0.5) is 0 Å². The van der Waals surface area contributed by atoms with E-state index in [1.807, 2.05) is 42.5 Å². The molecule has 0 saturated carbocycles. The van der Waals surface area contributed by atoms with Crippen LogP contribution in [0.5, 0.6) is 0 Å². The minimum absolute atomic E-state index is 0.117. The summed E-state index contributed by atoms with van der Waals surface area (Å²) >= 11 is 0. The highest BCUT2D eigenvalue weighted by Gasteiger charge is 2.41. The quantitative estimate of drug-likeness (QED) is 0.653. The van der Waals surface area contributed by atoms with E-state index in [1.54, 1.807) is 24.1 Å². The molecule has 1 amide bonds. The van der Waals surface area contributed by atoms with Crippen molar-refractivity contribution in [2.45, 2.75) is 6.04 Å². The molecule has 2 aromatic carbocycles. The molecule has 4 rings (SSSR count). The lowest BCUT2D eigenvalue weighted by Gasteiger charge is -2.26. The SMILES string of the molecule is COCCN1C(=O)c2[nH]nc(-c3ccccc3)c2[C@@H]1c1ccc(C(=O)OC)cc1. The standard InChI is InChI=1S/C22H21N3O4/c1-28-13-12-25-20(15-8-10-16(11-9-15)22(27)29-2)17-18(14-6-4-3-5-7-14)23-24-19(17)21(25)26/h3-11,20H,12-13H2,1-2H3,(H,23,24)/t20-/m0/s1. The van der Waals surface area contributed by atoms with Crippen molar-refractivity contribution in [3.8, 4) is 11.3 Å². The van der Waals surface area contributed by atoms with Crippen molar-refractivity contribution in [3.63, 3.8) is 0 Å². The number of methoxy groups -OCH3 is 2. The Bertz CT molecular complexity index is 1030. The average molecular weight is 391 g/mol. The van der Waals surface area contributed by atoms with Crippen LogP contribution in [0.1, 0.15) is 38.0 Å². The Kier molecular flexibility index (Phi) is 5.14. The summed E-state index contributed by atoms with van der Waals surface area (Å²) in [5, 5.41) is 7.35. The number of hydrogen-bond acceptors (Lipinski definition) is 5. The van der Waals surface area contributed by atoms with Crippen molar-refractivity contribution >= 4 is 11.9 Å². The molecule has 2 heterocycles. The van der Waals surface area contributed by atoms with Crippen LogP contribution < -0.4 is 0 Å². The van der Waals surface area contributed by atoms with Crippen molar-refractivity contribution in [1.82, 2.24) is 15.1 Å². The lowest BCUT2D eigenvalue weighted by atomic mass is 9.95. The van der Waals surface area contributed by atoms with Gasteiger partial charge in [0.15, 0.2) is 0 Å². The fourth-order valence-electron chi connectivity index (χ4n) is 3.70. The summed E-state index contributed by atoms with van der Waals surface area (Å²) in [5.41, 5.74) is 4.35. The molecule has 1 aliphatic heterocycles. The second-order valence-electron chi connectivity index (χ2n) is 6.73. The molecule has 1 N–H and O–H groups in total. The maximum absolute atomic E-state index is 13.1. The number of hydrogen-bond donors (Lipinski definition) is 1. The minimum atomic E-state index is -0.399. The Morgan fingerprint density at radius 1 is 1.10 bits per heavy atom. The first kappa shape index (κ1) is 18.9. The molecule has 0 aliphatic carbocycles. The molecule has 3 aromatic rings. The number of aromatic nitrogens is 2. The summed E-state index contributed by atoms with van der Waals surface area (Å²) in [5.74, 6) is -0.516. The predicted octanol–water partition coefficient (Wildman–Crippen LogP) is 3.05.